The maximum atomic E-state index is 5.91. The third-order valence-electron chi connectivity index (χ3n) is 4.97. The minimum atomic E-state index is 0.402. The molecule has 0 unspecified atom stereocenters. The number of hydrogen-bond donors (Lipinski definition) is 0. The highest BCUT2D eigenvalue weighted by atomic mass is 32.2. The molecule has 0 radical (unpaired) electrons. The molecule has 2 nitrogen and oxygen atoms in total. The summed E-state index contributed by atoms with van der Waals surface area (Å²) in [4.78, 5) is 0. The Morgan fingerprint density at radius 1 is 0.655 bits per heavy atom. The third-order valence-corrected chi connectivity index (χ3v) is 6.04. The Kier molecular flexibility index (Phi) is 8.82. The quantitative estimate of drug-likeness (QED) is 0.253. The van der Waals surface area contributed by atoms with Crippen molar-refractivity contribution >= 4 is 11.8 Å². The Labute approximate surface area is 179 Å². The van der Waals surface area contributed by atoms with Crippen molar-refractivity contribution in [2.75, 3.05) is 12.5 Å². The Hall–Kier alpha value is -2.07. The van der Waals surface area contributed by atoms with E-state index in [0.717, 1.165) is 6.61 Å². The van der Waals surface area contributed by atoms with Gasteiger partial charge in [-0.2, -0.15) is 0 Å². The van der Waals surface area contributed by atoms with Crippen LogP contribution in [0.1, 0.15) is 47.3 Å². The summed E-state index contributed by atoms with van der Waals surface area (Å²) in [7, 11) is 0. The molecule has 0 saturated carbocycles. The number of benzene rings is 3. The Morgan fingerprint density at radius 3 is 1.76 bits per heavy atom. The second-order valence-corrected chi connectivity index (χ2v) is 8.61. The summed E-state index contributed by atoms with van der Waals surface area (Å²) in [5.74, 6) is 1.10. The van der Waals surface area contributed by atoms with E-state index >= 15 is 0 Å². The molecule has 0 amide bonds. The van der Waals surface area contributed by atoms with Crippen LogP contribution in [0.15, 0.2) is 84.9 Å². The summed E-state index contributed by atoms with van der Waals surface area (Å²) >= 11 is 1.82. The molecule has 0 aliphatic heterocycles. The molecule has 3 rings (SSSR count). The molecule has 0 heterocycles. The first-order valence-electron chi connectivity index (χ1n) is 10.2. The average molecular weight is 407 g/mol. The van der Waals surface area contributed by atoms with Crippen molar-refractivity contribution in [1.82, 2.24) is 0 Å². The predicted molar refractivity (Wildman–Crippen MR) is 123 cm³/mol. The number of rotatable bonds is 11. The highest BCUT2D eigenvalue weighted by Gasteiger charge is 2.06. The van der Waals surface area contributed by atoms with Gasteiger partial charge in [-0.05, 0) is 29.2 Å². The van der Waals surface area contributed by atoms with Gasteiger partial charge in [0, 0.05) is 11.2 Å². The summed E-state index contributed by atoms with van der Waals surface area (Å²) < 4.78 is 11.8. The lowest BCUT2D eigenvalue weighted by atomic mass is 10.0. The van der Waals surface area contributed by atoms with E-state index in [2.05, 4.69) is 92.7 Å². The van der Waals surface area contributed by atoms with Crippen LogP contribution in [-0.4, -0.2) is 12.5 Å². The van der Waals surface area contributed by atoms with Crippen molar-refractivity contribution in [1.29, 1.82) is 0 Å². The molecule has 0 spiro atoms. The molecule has 0 aliphatic rings. The minimum absolute atomic E-state index is 0.402. The summed E-state index contributed by atoms with van der Waals surface area (Å²) in [6.45, 7) is 6.43. The first-order valence-corrected chi connectivity index (χ1v) is 11.2. The summed E-state index contributed by atoms with van der Waals surface area (Å²) in [5.41, 5.74) is 5.05. The maximum Gasteiger partial charge on any atom is 0.0931 e. The molecule has 0 saturated heterocycles. The largest absolute Gasteiger partial charge is 0.376 e. The Morgan fingerprint density at radius 2 is 1.17 bits per heavy atom. The zero-order valence-electron chi connectivity index (χ0n) is 17.3. The third kappa shape index (κ3) is 7.36. The molecule has 152 valence electrons. The van der Waals surface area contributed by atoms with Crippen molar-refractivity contribution in [2.45, 2.75) is 38.2 Å². The van der Waals surface area contributed by atoms with E-state index in [0.29, 0.717) is 30.3 Å². The topological polar surface area (TPSA) is 18.5 Å². The van der Waals surface area contributed by atoms with Crippen molar-refractivity contribution in [3.63, 3.8) is 0 Å². The minimum Gasteiger partial charge on any atom is -0.376 e. The van der Waals surface area contributed by atoms with Crippen molar-refractivity contribution in [3.8, 4) is 0 Å². The highest BCUT2D eigenvalue weighted by Crippen LogP contribution is 2.27. The molecule has 0 bridgehead atoms. The molecular weight excluding hydrogens is 376 g/mol. The predicted octanol–water partition coefficient (Wildman–Crippen LogP) is 6.98. The lowest BCUT2D eigenvalue weighted by Gasteiger charge is -2.13. The average Bonchev–Trinajstić information content (AvgIpc) is 2.78. The van der Waals surface area contributed by atoms with E-state index in [-0.39, 0.29) is 0 Å². The van der Waals surface area contributed by atoms with Gasteiger partial charge in [0.2, 0.25) is 0 Å². The second kappa shape index (κ2) is 11.8. The molecule has 29 heavy (non-hydrogen) atoms. The molecule has 3 aromatic rings. The van der Waals surface area contributed by atoms with Crippen LogP contribution in [0.25, 0.3) is 0 Å². The van der Waals surface area contributed by atoms with Crippen molar-refractivity contribution < 1.29 is 9.47 Å². The van der Waals surface area contributed by atoms with Gasteiger partial charge in [0.1, 0.15) is 0 Å². The zero-order chi connectivity index (χ0) is 20.3. The summed E-state index contributed by atoms with van der Waals surface area (Å²) in [6.07, 6.45) is 0. The first kappa shape index (κ1) is 21.6. The normalized spacial score (nSPS) is 13.2. The fraction of sp³-hybridized carbons (Fsp3) is 0.308. The SMILES string of the molecule is C[C@H](COCc1ccc(COCS[C@@H](C)c2ccccc2)cc1)c1ccccc1. The van der Waals surface area contributed by atoms with Crippen LogP contribution in [0.4, 0.5) is 0 Å². The van der Waals surface area contributed by atoms with Gasteiger partial charge in [-0.25, -0.2) is 0 Å². The second-order valence-electron chi connectivity index (χ2n) is 7.33. The van der Waals surface area contributed by atoms with Gasteiger partial charge in [-0.3, -0.25) is 0 Å². The molecule has 0 aliphatic carbocycles. The molecule has 0 N–H and O–H groups in total. The molecule has 3 heteroatoms. The number of hydrogen-bond acceptors (Lipinski definition) is 3. The molecular formula is C26H30O2S. The Balaban J connectivity index is 1.33. The summed E-state index contributed by atoms with van der Waals surface area (Å²) in [6, 6.07) is 29.6. The fourth-order valence-electron chi connectivity index (χ4n) is 3.09. The van der Waals surface area contributed by atoms with Crippen LogP contribution in [0, 0.1) is 0 Å². The van der Waals surface area contributed by atoms with Gasteiger partial charge in [-0.15, -0.1) is 11.8 Å². The molecule has 0 fully saturated rings. The van der Waals surface area contributed by atoms with Gasteiger partial charge in [-0.1, -0.05) is 91.9 Å². The summed E-state index contributed by atoms with van der Waals surface area (Å²) in [5, 5.41) is 0.439. The monoisotopic (exact) mass is 406 g/mol. The van der Waals surface area contributed by atoms with E-state index in [1.807, 2.05) is 17.8 Å². The lowest BCUT2D eigenvalue weighted by molar-refractivity contribution is 0.110. The fourth-order valence-corrected chi connectivity index (χ4v) is 3.83. The van der Waals surface area contributed by atoms with Gasteiger partial charge >= 0.3 is 0 Å². The smallest absolute Gasteiger partial charge is 0.0931 e. The van der Waals surface area contributed by atoms with E-state index in [4.69, 9.17) is 9.47 Å². The van der Waals surface area contributed by atoms with E-state index in [1.54, 1.807) is 0 Å². The molecule has 3 aromatic carbocycles. The van der Waals surface area contributed by atoms with Gasteiger partial charge in [0.05, 0.1) is 25.8 Å². The van der Waals surface area contributed by atoms with Crippen LogP contribution in [0.3, 0.4) is 0 Å². The molecule has 0 aromatic heterocycles. The van der Waals surface area contributed by atoms with Crippen LogP contribution < -0.4 is 0 Å². The maximum absolute atomic E-state index is 5.91. The first-order chi connectivity index (χ1) is 14.2. The lowest BCUT2D eigenvalue weighted by Crippen LogP contribution is -2.04. The van der Waals surface area contributed by atoms with Crippen molar-refractivity contribution in [2.24, 2.45) is 0 Å². The molecule has 2 atom stereocenters. The Bertz CT molecular complexity index is 818. The van der Waals surface area contributed by atoms with Gasteiger partial charge < -0.3 is 9.47 Å². The van der Waals surface area contributed by atoms with Crippen LogP contribution in [0.2, 0.25) is 0 Å². The van der Waals surface area contributed by atoms with Gasteiger partial charge in [0.15, 0.2) is 0 Å². The standard InChI is InChI=1S/C26H30O2S/c1-21(25-9-5-3-6-10-25)17-27-18-23-13-15-24(16-14-23)19-28-20-29-22(2)26-11-7-4-8-12-26/h3-16,21-22H,17-20H2,1-2H3/t21-,22+/m1/s1. The van der Waals surface area contributed by atoms with E-state index < -0.39 is 0 Å². The number of thioether (sulfide) groups is 1. The van der Waals surface area contributed by atoms with Crippen LogP contribution >= 0.6 is 11.8 Å². The van der Waals surface area contributed by atoms with Crippen LogP contribution in [-0.2, 0) is 22.7 Å². The number of ether oxygens (including phenoxy) is 2. The van der Waals surface area contributed by atoms with Gasteiger partial charge in [0.25, 0.3) is 0 Å². The highest BCUT2D eigenvalue weighted by molar-refractivity contribution is 7.99. The van der Waals surface area contributed by atoms with E-state index in [1.165, 1.54) is 22.3 Å². The van der Waals surface area contributed by atoms with Crippen molar-refractivity contribution in [3.05, 3.63) is 107 Å². The zero-order valence-corrected chi connectivity index (χ0v) is 18.1. The van der Waals surface area contributed by atoms with E-state index in [9.17, 15) is 0 Å². The van der Waals surface area contributed by atoms with Crippen LogP contribution in [0.5, 0.6) is 0 Å².